The highest BCUT2D eigenvalue weighted by Gasteiger charge is 2.30. The average molecular weight is 295 g/mol. The molecule has 2 heterocycles. The van der Waals surface area contributed by atoms with E-state index in [2.05, 4.69) is 37.8 Å². The molecular weight excluding hydrogens is 278 g/mol. The molecule has 1 aromatic carbocycles. The lowest BCUT2D eigenvalue weighted by atomic mass is 10.00. The van der Waals surface area contributed by atoms with E-state index in [9.17, 15) is 4.79 Å². The van der Waals surface area contributed by atoms with Gasteiger partial charge < -0.3 is 5.32 Å². The Morgan fingerprint density at radius 3 is 2.82 bits per heavy atom. The summed E-state index contributed by atoms with van der Waals surface area (Å²) >= 11 is 0. The molecule has 1 amide bonds. The van der Waals surface area contributed by atoms with E-state index >= 15 is 0 Å². The average Bonchev–Trinajstić information content (AvgIpc) is 3.15. The molecule has 1 aliphatic carbocycles. The maximum atomic E-state index is 11.2. The van der Waals surface area contributed by atoms with E-state index in [0.717, 1.165) is 22.2 Å². The number of anilines is 1. The van der Waals surface area contributed by atoms with Crippen molar-refractivity contribution < 1.29 is 4.79 Å². The molecule has 1 fully saturated rings. The minimum Gasteiger partial charge on any atom is -0.309 e. The fourth-order valence-corrected chi connectivity index (χ4v) is 2.90. The number of rotatable bonds is 3. The first-order valence-corrected chi connectivity index (χ1v) is 7.44. The zero-order valence-electron chi connectivity index (χ0n) is 12.5. The number of hydrogen-bond donors (Lipinski definition) is 3. The Bertz CT molecular complexity index is 872. The maximum absolute atomic E-state index is 11.2. The van der Waals surface area contributed by atoms with Crippen molar-refractivity contribution in [1.29, 1.82) is 0 Å². The summed E-state index contributed by atoms with van der Waals surface area (Å²) in [5.41, 5.74) is 5.48. The summed E-state index contributed by atoms with van der Waals surface area (Å²) in [5, 5.41) is 18.4. The third-order valence-corrected chi connectivity index (χ3v) is 4.09. The highest BCUT2D eigenvalue weighted by atomic mass is 16.1. The molecule has 22 heavy (non-hydrogen) atoms. The molecule has 6 heteroatoms. The van der Waals surface area contributed by atoms with Crippen LogP contribution in [0.5, 0.6) is 0 Å². The number of H-pyrrole nitrogens is 2. The molecular formula is C16H17N5O. The molecule has 0 bridgehead atoms. The number of carbonyl (C=O) groups is 1. The van der Waals surface area contributed by atoms with E-state index in [4.69, 9.17) is 0 Å². The predicted octanol–water partition coefficient (Wildman–Crippen LogP) is 3.10. The molecule has 0 spiro atoms. The summed E-state index contributed by atoms with van der Waals surface area (Å²) in [6, 6.07) is 6.12. The molecule has 0 atom stereocenters. The number of hydrogen-bond acceptors (Lipinski definition) is 3. The largest absolute Gasteiger partial charge is 0.309 e. The number of fused-ring (bicyclic) bond motifs is 1. The van der Waals surface area contributed by atoms with Crippen molar-refractivity contribution in [3.05, 3.63) is 29.6 Å². The van der Waals surface area contributed by atoms with Gasteiger partial charge in [-0.15, -0.1) is 0 Å². The molecule has 0 unspecified atom stereocenters. The first kappa shape index (κ1) is 13.1. The Morgan fingerprint density at radius 2 is 2.09 bits per heavy atom. The maximum Gasteiger partial charge on any atom is 0.222 e. The van der Waals surface area contributed by atoms with Crippen LogP contribution in [0.4, 0.5) is 5.82 Å². The second kappa shape index (κ2) is 4.69. The lowest BCUT2D eigenvalue weighted by Gasteiger charge is -2.04. The Balaban J connectivity index is 1.80. The summed E-state index contributed by atoms with van der Waals surface area (Å²) in [5.74, 6) is 1.03. The van der Waals surface area contributed by atoms with Crippen LogP contribution in [0.15, 0.2) is 18.2 Å². The summed E-state index contributed by atoms with van der Waals surface area (Å²) in [6.07, 6.45) is 2.44. The van der Waals surface area contributed by atoms with Gasteiger partial charge in [-0.3, -0.25) is 15.0 Å². The Kier molecular flexibility index (Phi) is 2.79. The number of benzene rings is 1. The lowest BCUT2D eigenvalue weighted by molar-refractivity contribution is -0.114. The van der Waals surface area contributed by atoms with Gasteiger partial charge in [0.05, 0.1) is 11.2 Å². The number of aryl methyl sites for hydroxylation is 1. The molecule has 3 N–H and O–H groups in total. The smallest absolute Gasteiger partial charge is 0.222 e. The number of aromatic amines is 2. The first-order valence-electron chi connectivity index (χ1n) is 7.44. The topological polar surface area (TPSA) is 86.5 Å². The Labute approximate surface area is 127 Å². The summed E-state index contributed by atoms with van der Waals surface area (Å²) < 4.78 is 0. The zero-order chi connectivity index (χ0) is 15.3. The minimum atomic E-state index is -0.126. The molecule has 1 saturated carbocycles. The third kappa shape index (κ3) is 2.07. The molecule has 0 radical (unpaired) electrons. The van der Waals surface area contributed by atoms with Crippen LogP contribution in [0, 0.1) is 6.92 Å². The Hall–Kier alpha value is -2.63. The van der Waals surface area contributed by atoms with Crippen molar-refractivity contribution in [2.24, 2.45) is 0 Å². The van der Waals surface area contributed by atoms with Crippen LogP contribution in [0.1, 0.15) is 37.1 Å². The molecule has 0 aliphatic heterocycles. The van der Waals surface area contributed by atoms with Gasteiger partial charge in [-0.05, 0) is 37.5 Å². The lowest BCUT2D eigenvalue weighted by Crippen LogP contribution is -2.06. The third-order valence-electron chi connectivity index (χ3n) is 4.09. The van der Waals surface area contributed by atoms with Crippen LogP contribution < -0.4 is 5.32 Å². The second-order valence-corrected chi connectivity index (χ2v) is 5.90. The van der Waals surface area contributed by atoms with Crippen molar-refractivity contribution in [2.75, 3.05) is 5.32 Å². The molecule has 6 nitrogen and oxygen atoms in total. The molecule has 2 aromatic heterocycles. The number of amides is 1. The monoisotopic (exact) mass is 295 g/mol. The minimum absolute atomic E-state index is 0.126. The van der Waals surface area contributed by atoms with E-state index in [0.29, 0.717) is 11.7 Å². The van der Waals surface area contributed by atoms with Gasteiger partial charge in [-0.2, -0.15) is 10.2 Å². The van der Waals surface area contributed by atoms with Crippen LogP contribution in [-0.4, -0.2) is 26.3 Å². The SMILES string of the molecule is CC(=O)Nc1n[nH]c2cc(-c3c(C4CC4)n[nH]c3C)ccc12. The van der Waals surface area contributed by atoms with Gasteiger partial charge in [0.2, 0.25) is 5.91 Å². The summed E-state index contributed by atoms with van der Waals surface area (Å²) in [6.45, 7) is 3.53. The predicted molar refractivity (Wildman–Crippen MR) is 84.7 cm³/mol. The second-order valence-electron chi connectivity index (χ2n) is 5.90. The number of carbonyl (C=O) groups excluding carboxylic acids is 1. The van der Waals surface area contributed by atoms with Gasteiger partial charge >= 0.3 is 0 Å². The number of nitrogens with one attached hydrogen (secondary N) is 3. The van der Waals surface area contributed by atoms with Crippen molar-refractivity contribution in [1.82, 2.24) is 20.4 Å². The zero-order valence-corrected chi connectivity index (χ0v) is 12.5. The summed E-state index contributed by atoms with van der Waals surface area (Å²) in [7, 11) is 0. The van der Waals surface area contributed by atoms with Crippen molar-refractivity contribution in [3.63, 3.8) is 0 Å². The highest BCUT2D eigenvalue weighted by Crippen LogP contribution is 2.44. The van der Waals surface area contributed by atoms with Gasteiger partial charge in [0.1, 0.15) is 0 Å². The van der Waals surface area contributed by atoms with Crippen molar-refractivity contribution in [2.45, 2.75) is 32.6 Å². The Morgan fingerprint density at radius 1 is 1.27 bits per heavy atom. The molecule has 112 valence electrons. The highest BCUT2D eigenvalue weighted by molar-refractivity contribution is 6.00. The molecule has 1 aliphatic rings. The van der Waals surface area contributed by atoms with Gasteiger partial charge in [-0.25, -0.2) is 0 Å². The normalized spacial score (nSPS) is 14.5. The summed E-state index contributed by atoms with van der Waals surface area (Å²) in [4.78, 5) is 11.2. The van der Waals surface area contributed by atoms with Gasteiger partial charge in [0.25, 0.3) is 0 Å². The standard InChI is InChI=1S/C16H17N5O/c1-8-14(15(20-18-8)10-3-4-10)11-5-6-12-13(7-11)19-21-16(12)17-9(2)22/h5-7,10H,3-4H2,1-2H3,(H,18,20)(H2,17,19,21,22). The van der Waals surface area contributed by atoms with E-state index in [1.807, 2.05) is 13.0 Å². The van der Waals surface area contributed by atoms with Crippen LogP contribution in [0.25, 0.3) is 22.0 Å². The number of nitrogens with zero attached hydrogens (tertiary/aromatic N) is 2. The van der Waals surface area contributed by atoms with Gasteiger partial charge in [-0.1, -0.05) is 6.07 Å². The number of aromatic nitrogens is 4. The van der Waals surface area contributed by atoms with Gasteiger partial charge in [0.15, 0.2) is 5.82 Å². The van der Waals surface area contributed by atoms with Crippen molar-refractivity contribution >= 4 is 22.6 Å². The van der Waals surface area contributed by atoms with Crippen LogP contribution in [0.3, 0.4) is 0 Å². The van der Waals surface area contributed by atoms with Crippen molar-refractivity contribution in [3.8, 4) is 11.1 Å². The molecule has 4 rings (SSSR count). The molecule has 3 aromatic rings. The van der Waals surface area contributed by atoms with Crippen LogP contribution >= 0.6 is 0 Å². The fourth-order valence-electron chi connectivity index (χ4n) is 2.90. The van der Waals surface area contributed by atoms with E-state index in [-0.39, 0.29) is 5.91 Å². The molecule has 0 saturated heterocycles. The van der Waals surface area contributed by atoms with Crippen LogP contribution in [0.2, 0.25) is 0 Å². The quantitative estimate of drug-likeness (QED) is 0.694. The first-order chi connectivity index (χ1) is 10.6. The van der Waals surface area contributed by atoms with Crippen LogP contribution in [-0.2, 0) is 4.79 Å². The van der Waals surface area contributed by atoms with E-state index in [1.54, 1.807) is 0 Å². The van der Waals surface area contributed by atoms with E-state index < -0.39 is 0 Å². The van der Waals surface area contributed by atoms with Gasteiger partial charge in [0, 0.05) is 29.5 Å². The fraction of sp³-hybridized carbons (Fsp3) is 0.312. The van der Waals surface area contributed by atoms with E-state index in [1.165, 1.54) is 31.0 Å².